The van der Waals surface area contributed by atoms with Gasteiger partial charge in [-0.3, -0.25) is 0 Å². The SMILES string of the molecule is CN(CCCS)CCN1CCCC1. The van der Waals surface area contributed by atoms with E-state index in [0.29, 0.717) is 0 Å². The Labute approximate surface area is 87.7 Å². The molecule has 3 heteroatoms. The van der Waals surface area contributed by atoms with E-state index in [4.69, 9.17) is 0 Å². The van der Waals surface area contributed by atoms with Crippen LogP contribution in [-0.2, 0) is 0 Å². The smallest absolute Gasteiger partial charge is 0.0109 e. The Morgan fingerprint density at radius 3 is 2.54 bits per heavy atom. The van der Waals surface area contributed by atoms with Crippen LogP contribution in [0.5, 0.6) is 0 Å². The molecule has 0 amide bonds. The first-order chi connectivity index (χ1) is 6.33. The molecule has 0 aromatic heterocycles. The molecule has 0 saturated carbocycles. The molecule has 0 unspecified atom stereocenters. The molecule has 1 saturated heterocycles. The fraction of sp³-hybridized carbons (Fsp3) is 1.00. The van der Waals surface area contributed by atoms with Crippen LogP contribution in [0, 0.1) is 0 Å². The van der Waals surface area contributed by atoms with Crippen LogP contribution in [0.1, 0.15) is 19.3 Å². The van der Waals surface area contributed by atoms with Crippen molar-refractivity contribution in [2.45, 2.75) is 19.3 Å². The van der Waals surface area contributed by atoms with Crippen LogP contribution in [0.25, 0.3) is 0 Å². The summed E-state index contributed by atoms with van der Waals surface area (Å²) >= 11 is 4.21. The Hall–Kier alpha value is 0.270. The van der Waals surface area contributed by atoms with Crippen LogP contribution in [0.4, 0.5) is 0 Å². The van der Waals surface area contributed by atoms with E-state index < -0.39 is 0 Å². The second-order valence-electron chi connectivity index (χ2n) is 3.93. The zero-order valence-electron chi connectivity index (χ0n) is 8.71. The van der Waals surface area contributed by atoms with Crippen molar-refractivity contribution in [3.8, 4) is 0 Å². The van der Waals surface area contributed by atoms with Crippen molar-refractivity contribution in [1.82, 2.24) is 9.80 Å². The maximum atomic E-state index is 4.21. The summed E-state index contributed by atoms with van der Waals surface area (Å²) < 4.78 is 0. The lowest BCUT2D eigenvalue weighted by Gasteiger charge is -2.20. The molecule has 0 aliphatic carbocycles. The third kappa shape index (κ3) is 4.89. The zero-order valence-corrected chi connectivity index (χ0v) is 9.60. The van der Waals surface area contributed by atoms with Gasteiger partial charge in [0.2, 0.25) is 0 Å². The Bertz CT molecular complexity index is 124. The lowest BCUT2D eigenvalue weighted by atomic mass is 10.4. The maximum absolute atomic E-state index is 4.21. The minimum absolute atomic E-state index is 1.01. The van der Waals surface area contributed by atoms with Gasteiger partial charge in [0, 0.05) is 13.1 Å². The van der Waals surface area contributed by atoms with Gasteiger partial charge in [-0.05, 0) is 51.7 Å². The lowest BCUT2D eigenvalue weighted by molar-refractivity contribution is 0.258. The highest BCUT2D eigenvalue weighted by molar-refractivity contribution is 7.80. The molecule has 1 fully saturated rings. The van der Waals surface area contributed by atoms with Crippen molar-refractivity contribution in [2.24, 2.45) is 0 Å². The van der Waals surface area contributed by atoms with E-state index in [1.807, 2.05) is 0 Å². The summed E-state index contributed by atoms with van der Waals surface area (Å²) in [6, 6.07) is 0. The molecule has 0 bridgehead atoms. The second-order valence-corrected chi connectivity index (χ2v) is 4.38. The molecule has 0 aromatic carbocycles. The van der Waals surface area contributed by atoms with Gasteiger partial charge in [0.1, 0.15) is 0 Å². The third-order valence-corrected chi connectivity index (χ3v) is 3.01. The van der Waals surface area contributed by atoms with Crippen molar-refractivity contribution >= 4 is 12.6 Å². The molecule has 13 heavy (non-hydrogen) atoms. The number of likely N-dealkylation sites (tertiary alicyclic amines) is 1. The fourth-order valence-corrected chi connectivity index (χ4v) is 1.91. The Morgan fingerprint density at radius 2 is 1.92 bits per heavy atom. The van der Waals surface area contributed by atoms with Crippen LogP contribution in [0.2, 0.25) is 0 Å². The van der Waals surface area contributed by atoms with Gasteiger partial charge in [-0.2, -0.15) is 12.6 Å². The summed E-state index contributed by atoms with van der Waals surface area (Å²) in [6.45, 7) is 6.30. The number of rotatable bonds is 6. The van der Waals surface area contributed by atoms with Gasteiger partial charge in [0.15, 0.2) is 0 Å². The minimum atomic E-state index is 1.01. The topological polar surface area (TPSA) is 6.48 Å². The second kappa shape index (κ2) is 6.68. The van der Waals surface area contributed by atoms with Crippen LogP contribution < -0.4 is 0 Å². The highest BCUT2D eigenvalue weighted by Gasteiger charge is 2.11. The van der Waals surface area contributed by atoms with Crippen molar-refractivity contribution in [3.63, 3.8) is 0 Å². The number of likely N-dealkylation sites (N-methyl/N-ethyl adjacent to an activating group) is 1. The van der Waals surface area contributed by atoms with Crippen molar-refractivity contribution in [3.05, 3.63) is 0 Å². The van der Waals surface area contributed by atoms with Crippen molar-refractivity contribution in [2.75, 3.05) is 45.5 Å². The van der Waals surface area contributed by atoms with Crippen LogP contribution in [-0.4, -0.2) is 55.3 Å². The van der Waals surface area contributed by atoms with Gasteiger partial charge in [0.25, 0.3) is 0 Å². The number of thiol groups is 1. The highest BCUT2D eigenvalue weighted by Crippen LogP contribution is 2.06. The van der Waals surface area contributed by atoms with E-state index in [9.17, 15) is 0 Å². The van der Waals surface area contributed by atoms with E-state index in [1.54, 1.807) is 0 Å². The summed E-state index contributed by atoms with van der Waals surface area (Å²) in [5.41, 5.74) is 0. The van der Waals surface area contributed by atoms with Gasteiger partial charge in [-0.25, -0.2) is 0 Å². The third-order valence-electron chi connectivity index (χ3n) is 2.69. The molecule has 78 valence electrons. The average Bonchev–Trinajstić information content (AvgIpc) is 2.64. The van der Waals surface area contributed by atoms with E-state index in [-0.39, 0.29) is 0 Å². The number of nitrogens with zero attached hydrogens (tertiary/aromatic N) is 2. The van der Waals surface area contributed by atoms with Crippen LogP contribution in [0.3, 0.4) is 0 Å². The van der Waals surface area contributed by atoms with Crippen LogP contribution >= 0.6 is 12.6 Å². The highest BCUT2D eigenvalue weighted by atomic mass is 32.1. The van der Waals surface area contributed by atoms with E-state index in [2.05, 4.69) is 29.5 Å². The van der Waals surface area contributed by atoms with Gasteiger partial charge < -0.3 is 9.80 Å². The van der Waals surface area contributed by atoms with Crippen LogP contribution in [0.15, 0.2) is 0 Å². The molecule has 1 rings (SSSR count). The summed E-state index contributed by atoms with van der Waals surface area (Å²) in [5, 5.41) is 0. The lowest BCUT2D eigenvalue weighted by Crippen LogP contribution is -2.32. The van der Waals surface area contributed by atoms with E-state index >= 15 is 0 Å². The normalized spacial score (nSPS) is 18.7. The quantitative estimate of drug-likeness (QED) is 0.649. The number of hydrogen-bond donors (Lipinski definition) is 1. The largest absolute Gasteiger partial charge is 0.305 e. The Morgan fingerprint density at radius 1 is 1.23 bits per heavy atom. The molecule has 0 radical (unpaired) electrons. The fourth-order valence-electron chi connectivity index (χ4n) is 1.77. The van der Waals surface area contributed by atoms with Gasteiger partial charge >= 0.3 is 0 Å². The molecule has 0 atom stereocenters. The molecule has 1 aliphatic heterocycles. The molecular weight excluding hydrogens is 180 g/mol. The predicted octanol–water partition coefficient (Wildman–Crippen LogP) is 1.33. The number of hydrogen-bond acceptors (Lipinski definition) is 3. The van der Waals surface area contributed by atoms with Gasteiger partial charge in [-0.15, -0.1) is 0 Å². The summed E-state index contributed by atoms with van der Waals surface area (Å²) in [6.07, 6.45) is 4.01. The standard InChI is InChI=1S/C10H22N2S/c1-11(5-4-10-13)8-9-12-6-2-3-7-12/h13H,2-10H2,1H3. The zero-order chi connectivity index (χ0) is 9.52. The van der Waals surface area contributed by atoms with Crippen molar-refractivity contribution < 1.29 is 0 Å². The van der Waals surface area contributed by atoms with Gasteiger partial charge in [-0.1, -0.05) is 0 Å². The summed E-state index contributed by atoms with van der Waals surface area (Å²) in [7, 11) is 2.21. The molecule has 2 nitrogen and oxygen atoms in total. The average molecular weight is 202 g/mol. The van der Waals surface area contributed by atoms with E-state index in [0.717, 1.165) is 5.75 Å². The monoisotopic (exact) mass is 202 g/mol. The first-order valence-corrected chi connectivity index (χ1v) is 5.98. The molecule has 0 aromatic rings. The Kier molecular flexibility index (Phi) is 5.83. The minimum Gasteiger partial charge on any atom is -0.305 e. The molecule has 1 aliphatic rings. The van der Waals surface area contributed by atoms with Crippen molar-refractivity contribution in [1.29, 1.82) is 0 Å². The molecule has 0 N–H and O–H groups in total. The molecular formula is C10H22N2S. The van der Waals surface area contributed by atoms with E-state index in [1.165, 1.54) is 52.0 Å². The summed E-state index contributed by atoms with van der Waals surface area (Å²) in [5.74, 6) is 1.01. The predicted molar refractivity (Wildman–Crippen MR) is 61.6 cm³/mol. The first-order valence-electron chi connectivity index (χ1n) is 5.34. The van der Waals surface area contributed by atoms with Gasteiger partial charge in [0.05, 0.1) is 0 Å². The first kappa shape index (κ1) is 11.3. The summed E-state index contributed by atoms with van der Waals surface area (Å²) in [4.78, 5) is 4.98. The maximum Gasteiger partial charge on any atom is 0.0109 e. The molecule has 1 heterocycles. The molecule has 0 spiro atoms. The Balaban J connectivity index is 1.97.